The van der Waals surface area contributed by atoms with E-state index in [1.807, 2.05) is 0 Å². The number of hydrogen-bond donors (Lipinski definition) is 1. The van der Waals surface area contributed by atoms with Crippen LogP contribution in [-0.2, 0) is 22.3 Å². The molecule has 3 atom stereocenters. The number of ether oxygens (including phenoxy) is 2. The first-order valence-electron chi connectivity index (χ1n) is 9.06. The molecule has 2 heterocycles. The number of aromatic amines is 1. The minimum atomic E-state index is -0.494. The van der Waals surface area contributed by atoms with Crippen molar-refractivity contribution in [1.82, 2.24) is 4.98 Å². The molecule has 5 nitrogen and oxygen atoms in total. The summed E-state index contributed by atoms with van der Waals surface area (Å²) in [4.78, 5) is 27.9. The molecule has 0 unspecified atom stereocenters. The van der Waals surface area contributed by atoms with E-state index in [1.54, 1.807) is 6.07 Å². The van der Waals surface area contributed by atoms with Crippen LogP contribution in [0.15, 0.2) is 10.9 Å². The lowest BCUT2D eigenvalue weighted by Gasteiger charge is -2.53. The number of fused-ring (bicyclic) bond motifs is 2. The summed E-state index contributed by atoms with van der Waals surface area (Å²) in [6, 6.07) is 1.76. The summed E-state index contributed by atoms with van der Waals surface area (Å²) in [6.07, 6.45) is 6.08. The maximum absolute atomic E-state index is 12.6. The van der Waals surface area contributed by atoms with Gasteiger partial charge in [-0.1, -0.05) is 20.3 Å². The van der Waals surface area contributed by atoms with Crippen molar-refractivity contribution in [3.63, 3.8) is 0 Å². The van der Waals surface area contributed by atoms with Gasteiger partial charge in [-0.05, 0) is 43.7 Å². The Labute approximate surface area is 141 Å². The standard InChI is InChI=1S/C19H25NO4/c1-19(2)15-12(8-9-23-15)16(19)24-18(22)13-10-11-6-4-3-5-7-14(11)20-17(13)21/h10,12,15-16H,3-9H2,1-2H3,(H,20,21)/t12-,15+,16+/m0/s1. The third-order valence-electron chi connectivity index (χ3n) is 6.03. The van der Waals surface area contributed by atoms with E-state index in [9.17, 15) is 9.59 Å². The molecule has 2 aliphatic carbocycles. The Kier molecular flexibility index (Phi) is 3.79. The molecule has 0 bridgehead atoms. The van der Waals surface area contributed by atoms with Crippen LogP contribution >= 0.6 is 0 Å². The Morgan fingerprint density at radius 1 is 1.29 bits per heavy atom. The maximum Gasteiger partial charge on any atom is 0.344 e. The third-order valence-corrected chi connectivity index (χ3v) is 6.03. The first-order valence-corrected chi connectivity index (χ1v) is 9.06. The molecule has 1 saturated carbocycles. The lowest BCUT2D eigenvalue weighted by molar-refractivity contribution is -0.183. The summed E-state index contributed by atoms with van der Waals surface area (Å²) >= 11 is 0. The number of carbonyl (C=O) groups is 1. The number of aryl methyl sites for hydroxylation is 2. The van der Waals surface area contributed by atoms with Crippen LogP contribution in [-0.4, -0.2) is 29.8 Å². The van der Waals surface area contributed by atoms with Crippen LogP contribution in [0.5, 0.6) is 0 Å². The van der Waals surface area contributed by atoms with Crippen molar-refractivity contribution in [1.29, 1.82) is 0 Å². The topological polar surface area (TPSA) is 68.4 Å². The molecule has 3 aliphatic rings. The van der Waals surface area contributed by atoms with Crippen LogP contribution in [0.3, 0.4) is 0 Å². The van der Waals surface area contributed by atoms with Crippen LogP contribution in [0.4, 0.5) is 0 Å². The second kappa shape index (κ2) is 5.73. The number of pyridine rings is 1. The molecule has 2 fully saturated rings. The summed E-state index contributed by atoms with van der Waals surface area (Å²) in [6.45, 7) is 4.86. The normalized spacial score (nSPS) is 30.7. The number of esters is 1. The molecule has 130 valence electrons. The minimum absolute atomic E-state index is 0.147. The molecule has 0 spiro atoms. The highest BCUT2D eigenvalue weighted by atomic mass is 16.6. The number of hydrogen-bond acceptors (Lipinski definition) is 4. The molecule has 0 amide bonds. The number of H-pyrrole nitrogens is 1. The van der Waals surface area contributed by atoms with E-state index < -0.39 is 5.97 Å². The summed E-state index contributed by atoms with van der Waals surface area (Å²) in [5, 5.41) is 0. The summed E-state index contributed by atoms with van der Waals surface area (Å²) in [5.74, 6) is -0.226. The highest BCUT2D eigenvalue weighted by Gasteiger charge is 2.61. The van der Waals surface area contributed by atoms with Crippen LogP contribution in [0.25, 0.3) is 0 Å². The molecule has 0 radical (unpaired) electrons. The molecular formula is C19H25NO4. The molecule has 1 saturated heterocycles. The first kappa shape index (κ1) is 15.9. The molecule has 1 N–H and O–H groups in total. The van der Waals surface area contributed by atoms with Gasteiger partial charge in [0.25, 0.3) is 5.56 Å². The van der Waals surface area contributed by atoms with Gasteiger partial charge in [0, 0.05) is 23.6 Å². The van der Waals surface area contributed by atoms with Gasteiger partial charge in [0.15, 0.2) is 0 Å². The molecule has 1 aliphatic heterocycles. The van der Waals surface area contributed by atoms with E-state index >= 15 is 0 Å². The van der Waals surface area contributed by atoms with Crippen molar-refractivity contribution >= 4 is 5.97 Å². The lowest BCUT2D eigenvalue weighted by atomic mass is 9.59. The minimum Gasteiger partial charge on any atom is -0.458 e. The molecule has 0 aromatic carbocycles. The van der Waals surface area contributed by atoms with Crippen molar-refractivity contribution in [2.75, 3.05) is 6.61 Å². The summed E-state index contributed by atoms with van der Waals surface area (Å²) < 4.78 is 11.5. The zero-order valence-corrected chi connectivity index (χ0v) is 14.4. The fourth-order valence-electron chi connectivity index (χ4n) is 4.70. The zero-order valence-electron chi connectivity index (χ0n) is 14.4. The van der Waals surface area contributed by atoms with Crippen LogP contribution in [0.2, 0.25) is 0 Å². The SMILES string of the molecule is CC1(C)[C@@H]2OCC[C@@H]2[C@H]1OC(=O)c1cc2c([nH]c1=O)CCCCC2. The van der Waals surface area contributed by atoms with Gasteiger partial charge in [-0.2, -0.15) is 0 Å². The fourth-order valence-corrected chi connectivity index (χ4v) is 4.70. The number of rotatable bonds is 2. The summed E-state index contributed by atoms with van der Waals surface area (Å²) in [7, 11) is 0. The Balaban J connectivity index is 1.57. The van der Waals surface area contributed by atoms with Gasteiger partial charge >= 0.3 is 5.97 Å². The summed E-state index contributed by atoms with van der Waals surface area (Å²) in [5.41, 5.74) is 1.72. The van der Waals surface area contributed by atoms with Crippen LogP contribution in [0.1, 0.15) is 61.1 Å². The van der Waals surface area contributed by atoms with E-state index in [0.717, 1.165) is 56.4 Å². The van der Waals surface area contributed by atoms with E-state index in [-0.39, 0.29) is 34.7 Å². The first-order chi connectivity index (χ1) is 11.5. The second-order valence-electron chi connectivity index (χ2n) is 7.97. The molecule has 1 aromatic rings. The zero-order chi connectivity index (χ0) is 16.9. The van der Waals surface area contributed by atoms with E-state index in [1.165, 1.54) is 0 Å². The van der Waals surface area contributed by atoms with Crippen molar-refractivity contribution in [2.45, 2.75) is 64.6 Å². The van der Waals surface area contributed by atoms with Gasteiger partial charge in [-0.15, -0.1) is 0 Å². The van der Waals surface area contributed by atoms with Gasteiger partial charge in [0.05, 0.1) is 6.10 Å². The molecule has 4 rings (SSSR count). The van der Waals surface area contributed by atoms with E-state index in [4.69, 9.17) is 9.47 Å². The van der Waals surface area contributed by atoms with Crippen molar-refractivity contribution < 1.29 is 14.3 Å². The average Bonchev–Trinajstić information content (AvgIpc) is 2.89. The molecule has 5 heteroatoms. The van der Waals surface area contributed by atoms with Gasteiger partial charge in [-0.25, -0.2) is 4.79 Å². The Morgan fingerprint density at radius 2 is 2.08 bits per heavy atom. The number of nitrogens with one attached hydrogen (secondary N) is 1. The number of aromatic nitrogens is 1. The largest absolute Gasteiger partial charge is 0.458 e. The Morgan fingerprint density at radius 3 is 2.92 bits per heavy atom. The fraction of sp³-hybridized carbons (Fsp3) is 0.684. The van der Waals surface area contributed by atoms with Crippen LogP contribution < -0.4 is 5.56 Å². The van der Waals surface area contributed by atoms with Crippen molar-refractivity contribution in [2.24, 2.45) is 11.3 Å². The lowest BCUT2D eigenvalue weighted by Crippen LogP contribution is -2.61. The van der Waals surface area contributed by atoms with Crippen molar-refractivity contribution in [3.8, 4) is 0 Å². The second-order valence-corrected chi connectivity index (χ2v) is 7.97. The number of carbonyl (C=O) groups excluding carboxylic acids is 1. The highest BCUT2D eigenvalue weighted by Crippen LogP contribution is 2.53. The Hall–Kier alpha value is -1.62. The van der Waals surface area contributed by atoms with Gasteiger partial charge in [0.1, 0.15) is 11.7 Å². The highest BCUT2D eigenvalue weighted by molar-refractivity contribution is 5.89. The average molecular weight is 331 g/mol. The third kappa shape index (κ3) is 2.41. The monoisotopic (exact) mass is 331 g/mol. The van der Waals surface area contributed by atoms with Gasteiger partial charge < -0.3 is 14.5 Å². The van der Waals surface area contributed by atoms with E-state index in [0.29, 0.717) is 0 Å². The Bertz CT molecular complexity index is 721. The molecule has 1 aromatic heterocycles. The quantitative estimate of drug-likeness (QED) is 0.668. The maximum atomic E-state index is 12.6. The van der Waals surface area contributed by atoms with Gasteiger partial charge in [0.2, 0.25) is 0 Å². The molecular weight excluding hydrogens is 306 g/mol. The smallest absolute Gasteiger partial charge is 0.344 e. The predicted octanol–water partition coefficient (Wildman–Crippen LogP) is 2.61. The molecule has 24 heavy (non-hydrogen) atoms. The van der Waals surface area contributed by atoms with Crippen LogP contribution in [0, 0.1) is 11.3 Å². The van der Waals surface area contributed by atoms with Crippen molar-refractivity contribution in [3.05, 3.63) is 33.2 Å². The van der Waals surface area contributed by atoms with Gasteiger partial charge in [-0.3, -0.25) is 4.79 Å². The van der Waals surface area contributed by atoms with E-state index in [2.05, 4.69) is 18.8 Å². The predicted molar refractivity (Wildman–Crippen MR) is 89.2 cm³/mol.